The highest BCUT2D eigenvalue weighted by Gasteiger charge is 2.26. The Balaban J connectivity index is 3.58. The Kier molecular flexibility index (Phi) is 4.95. The average Bonchev–Trinajstić information content (AvgIpc) is 1.97. The molecule has 0 fully saturated rings. The molecular formula is C9H20N2O2. The highest BCUT2D eigenvalue weighted by atomic mass is 16.4. The maximum absolute atomic E-state index is 10.7. The van der Waals surface area contributed by atoms with E-state index >= 15 is 0 Å². The maximum Gasteiger partial charge on any atom is 0.310 e. The Morgan fingerprint density at radius 3 is 2.38 bits per heavy atom. The largest absolute Gasteiger partial charge is 0.481 e. The van der Waals surface area contributed by atoms with Crippen LogP contribution in [-0.4, -0.2) is 49.7 Å². The topological polar surface area (TPSA) is 52.6 Å². The van der Waals surface area contributed by atoms with Gasteiger partial charge >= 0.3 is 5.97 Å². The molecule has 0 spiro atoms. The second-order valence-electron chi connectivity index (χ2n) is 4.17. The van der Waals surface area contributed by atoms with Crippen LogP contribution in [0.15, 0.2) is 0 Å². The molecule has 0 aromatic rings. The predicted octanol–water partition coefficient (Wildman–Crippen LogP) is 0.248. The fourth-order valence-corrected chi connectivity index (χ4v) is 0.779. The molecule has 2 N–H and O–H groups in total. The Hall–Kier alpha value is -0.610. The van der Waals surface area contributed by atoms with Gasteiger partial charge < -0.3 is 15.3 Å². The van der Waals surface area contributed by atoms with Gasteiger partial charge in [-0.1, -0.05) is 0 Å². The zero-order chi connectivity index (χ0) is 10.5. The van der Waals surface area contributed by atoms with Crippen molar-refractivity contribution in [1.29, 1.82) is 0 Å². The lowest BCUT2D eigenvalue weighted by atomic mass is 9.94. The molecule has 0 heterocycles. The van der Waals surface area contributed by atoms with Crippen LogP contribution in [0, 0.1) is 5.41 Å². The van der Waals surface area contributed by atoms with E-state index in [1.54, 1.807) is 13.8 Å². The van der Waals surface area contributed by atoms with Gasteiger partial charge in [-0.15, -0.1) is 0 Å². The van der Waals surface area contributed by atoms with Gasteiger partial charge in [-0.3, -0.25) is 4.79 Å². The normalized spacial score (nSPS) is 12.1. The van der Waals surface area contributed by atoms with Crippen molar-refractivity contribution in [3.8, 4) is 0 Å². The number of carboxylic acid groups (broad SMARTS) is 1. The summed E-state index contributed by atoms with van der Waals surface area (Å²) >= 11 is 0. The SMILES string of the molecule is CN(C)CCNCC(C)(C)C(=O)O. The maximum atomic E-state index is 10.7. The highest BCUT2D eigenvalue weighted by Crippen LogP contribution is 2.12. The van der Waals surface area contributed by atoms with Crippen LogP contribution in [0.25, 0.3) is 0 Å². The number of carbonyl (C=O) groups is 1. The van der Waals surface area contributed by atoms with Crippen LogP contribution in [0.2, 0.25) is 0 Å². The molecular weight excluding hydrogens is 168 g/mol. The van der Waals surface area contributed by atoms with Gasteiger partial charge in [0.05, 0.1) is 5.41 Å². The number of likely N-dealkylation sites (N-methyl/N-ethyl adjacent to an activating group) is 1. The van der Waals surface area contributed by atoms with Crippen LogP contribution < -0.4 is 5.32 Å². The Bertz CT molecular complexity index is 167. The molecule has 0 aliphatic heterocycles. The van der Waals surface area contributed by atoms with E-state index in [-0.39, 0.29) is 0 Å². The Morgan fingerprint density at radius 2 is 2.00 bits per heavy atom. The first-order valence-electron chi connectivity index (χ1n) is 4.45. The molecule has 0 aliphatic rings. The van der Waals surface area contributed by atoms with Crippen molar-refractivity contribution in [2.45, 2.75) is 13.8 Å². The average molecular weight is 188 g/mol. The fraction of sp³-hybridized carbons (Fsp3) is 0.889. The summed E-state index contributed by atoms with van der Waals surface area (Å²) in [6.45, 7) is 5.70. The van der Waals surface area contributed by atoms with Crippen LogP contribution in [0.5, 0.6) is 0 Å². The molecule has 4 nitrogen and oxygen atoms in total. The minimum atomic E-state index is -0.759. The van der Waals surface area contributed by atoms with Crippen molar-refractivity contribution < 1.29 is 9.90 Å². The lowest BCUT2D eigenvalue weighted by molar-refractivity contribution is -0.146. The molecule has 0 aromatic heterocycles. The number of nitrogens with zero attached hydrogens (tertiary/aromatic N) is 1. The first kappa shape index (κ1) is 12.4. The molecule has 0 rings (SSSR count). The van der Waals surface area contributed by atoms with E-state index < -0.39 is 11.4 Å². The minimum absolute atomic E-state index is 0.510. The minimum Gasteiger partial charge on any atom is -0.481 e. The molecule has 0 unspecified atom stereocenters. The van der Waals surface area contributed by atoms with Crippen molar-refractivity contribution >= 4 is 5.97 Å². The van der Waals surface area contributed by atoms with Gasteiger partial charge in [0.2, 0.25) is 0 Å². The van der Waals surface area contributed by atoms with Crippen LogP contribution in [-0.2, 0) is 4.79 Å². The van der Waals surface area contributed by atoms with Gasteiger partial charge in [0.1, 0.15) is 0 Å². The van der Waals surface area contributed by atoms with E-state index in [2.05, 4.69) is 10.2 Å². The summed E-state index contributed by atoms with van der Waals surface area (Å²) < 4.78 is 0. The third kappa shape index (κ3) is 5.60. The van der Waals surface area contributed by atoms with Crippen molar-refractivity contribution in [2.75, 3.05) is 33.7 Å². The van der Waals surface area contributed by atoms with E-state index in [0.29, 0.717) is 6.54 Å². The summed E-state index contributed by atoms with van der Waals surface area (Å²) in [6.07, 6.45) is 0. The van der Waals surface area contributed by atoms with E-state index in [1.165, 1.54) is 0 Å². The van der Waals surface area contributed by atoms with Crippen LogP contribution in [0.1, 0.15) is 13.8 Å². The predicted molar refractivity (Wildman–Crippen MR) is 52.8 cm³/mol. The summed E-state index contributed by atoms with van der Waals surface area (Å²) in [6, 6.07) is 0. The first-order valence-corrected chi connectivity index (χ1v) is 4.45. The van der Waals surface area contributed by atoms with E-state index in [1.807, 2.05) is 14.1 Å². The summed E-state index contributed by atoms with van der Waals surface area (Å²) in [5.41, 5.74) is -0.674. The zero-order valence-corrected chi connectivity index (χ0v) is 8.92. The summed E-state index contributed by atoms with van der Waals surface area (Å²) in [7, 11) is 3.98. The number of nitrogens with one attached hydrogen (secondary N) is 1. The molecule has 0 amide bonds. The fourth-order valence-electron chi connectivity index (χ4n) is 0.779. The number of hydrogen-bond donors (Lipinski definition) is 2. The highest BCUT2D eigenvalue weighted by molar-refractivity contribution is 5.73. The smallest absolute Gasteiger partial charge is 0.310 e. The molecule has 4 heteroatoms. The number of aliphatic carboxylic acids is 1. The molecule has 78 valence electrons. The monoisotopic (exact) mass is 188 g/mol. The molecule has 0 bridgehead atoms. The molecule has 0 radical (unpaired) electrons. The van der Waals surface area contributed by atoms with E-state index in [4.69, 9.17) is 5.11 Å². The number of rotatable bonds is 6. The van der Waals surface area contributed by atoms with Gasteiger partial charge in [0.15, 0.2) is 0 Å². The number of carboxylic acids is 1. The van der Waals surface area contributed by atoms with Gasteiger partial charge in [-0.05, 0) is 27.9 Å². The molecule has 0 aliphatic carbocycles. The van der Waals surface area contributed by atoms with E-state index in [0.717, 1.165) is 13.1 Å². The third-order valence-electron chi connectivity index (χ3n) is 1.88. The summed E-state index contributed by atoms with van der Waals surface area (Å²) in [5, 5.41) is 11.9. The van der Waals surface area contributed by atoms with E-state index in [9.17, 15) is 4.79 Å². The molecule has 0 atom stereocenters. The van der Waals surface area contributed by atoms with Crippen molar-refractivity contribution in [3.63, 3.8) is 0 Å². The lowest BCUT2D eigenvalue weighted by Gasteiger charge is -2.20. The molecule has 0 saturated carbocycles. The van der Waals surface area contributed by atoms with Crippen LogP contribution >= 0.6 is 0 Å². The first-order chi connectivity index (χ1) is 5.86. The van der Waals surface area contributed by atoms with Crippen molar-refractivity contribution in [2.24, 2.45) is 5.41 Å². The van der Waals surface area contributed by atoms with Crippen molar-refractivity contribution in [3.05, 3.63) is 0 Å². The van der Waals surface area contributed by atoms with Crippen molar-refractivity contribution in [1.82, 2.24) is 10.2 Å². The lowest BCUT2D eigenvalue weighted by Crippen LogP contribution is -2.38. The zero-order valence-electron chi connectivity index (χ0n) is 8.92. The van der Waals surface area contributed by atoms with Crippen LogP contribution in [0.4, 0.5) is 0 Å². The Labute approximate surface area is 79.9 Å². The molecule has 0 saturated heterocycles. The molecule has 0 aromatic carbocycles. The van der Waals surface area contributed by atoms with Gasteiger partial charge in [-0.2, -0.15) is 0 Å². The molecule has 13 heavy (non-hydrogen) atoms. The quantitative estimate of drug-likeness (QED) is 0.587. The Morgan fingerprint density at radius 1 is 1.46 bits per heavy atom. The van der Waals surface area contributed by atoms with Gasteiger partial charge in [0.25, 0.3) is 0 Å². The second-order valence-corrected chi connectivity index (χ2v) is 4.17. The summed E-state index contributed by atoms with van der Waals surface area (Å²) in [5.74, 6) is -0.759. The van der Waals surface area contributed by atoms with Gasteiger partial charge in [0, 0.05) is 19.6 Å². The second kappa shape index (κ2) is 5.19. The number of hydrogen-bond acceptors (Lipinski definition) is 3. The van der Waals surface area contributed by atoms with Crippen LogP contribution in [0.3, 0.4) is 0 Å². The van der Waals surface area contributed by atoms with Gasteiger partial charge in [-0.25, -0.2) is 0 Å². The summed E-state index contributed by atoms with van der Waals surface area (Å²) in [4.78, 5) is 12.8. The standard InChI is InChI=1S/C9H20N2O2/c1-9(2,8(12)13)7-10-5-6-11(3)4/h10H,5-7H2,1-4H3,(H,12,13). The third-order valence-corrected chi connectivity index (χ3v) is 1.88.